The lowest BCUT2D eigenvalue weighted by Crippen LogP contribution is -1.95. The average Bonchev–Trinajstić information content (AvgIpc) is 3.12. The van der Waals surface area contributed by atoms with Crippen molar-refractivity contribution in [3.63, 3.8) is 0 Å². The van der Waals surface area contributed by atoms with Crippen LogP contribution in [0.1, 0.15) is 10.4 Å². The number of carbonyl (C=O) groups is 1. The minimum atomic E-state index is -0.356. The lowest BCUT2D eigenvalue weighted by molar-refractivity contribution is 0.112. The van der Waals surface area contributed by atoms with Gasteiger partial charge in [-0.3, -0.25) is 4.79 Å². The van der Waals surface area contributed by atoms with Gasteiger partial charge in [0.05, 0.1) is 23.2 Å². The van der Waals surface area contributed by atoms with E-state index in [0.717, 1.165) is 11.2 Å². The summed E-state index contributed by atoms with van der Waals surface area (Å²) in [5.41, 5.74) is 1.51. The van der Waals surface area contributed by atoms with E-state index in [2.05, 4.69) is 5.10 Å². The summed E-state index contributed by atoms with van der Waals surface area (Å²) in [5.74, 6) is 0.304. The summed E-state index contributed by atoms with van der Waals surface area (Å²) in [7, 11) is 1.57. The maximum Gasteiger partial charge on any atom is 0.153 e. The second-order valence-corrected chi connectivity index (χ2v) is 5.21. The quantitative estimate of drug-likeness (QED) is 0.692. The number of benzene rings is 1. The lowest BCUT2D eigenvalue weighted by atomic mass is 10.2. The van der Waals surface area contributed by atoms with Crippen LogP contribution in [0.5, 0.6) is 5.75 Å². The molecular formula is C15H11FN2O2S. The van der Waals surface area contributed by atoms with Gasteiger partial charge in [0, 0.05) is 6.20 Å². The molecular weight excluding hydrogens is 291 g/mol. The smallest absolute Gasteiger partial charge is 0.153 e. The molecule has 0 atom stereocenters. The van der Waals surface area contributed by atoms with Crippen molar-refractivity contribution >= 4 is 17.6 Å². The molecule has 2 aromatic heterocycles. The van der Waals surface area contributed by atoms with E-state index in [1.807, 2.05) is 11.4 Å². The molecule has 0 amide bonds. The van der Waals surface area contributed by atoms with E-state index in [9.17, 15) is 9.18 Å². The largest absolute Gasteiger partial charge is 0.495 e. The van der Waals surface area contributed by atoms with E-state index in [-0.39, 0.29) is 5.82 Å². The number of halogens is 1. The minimum absolute atomic E-state index is 0.356. The Bertz CT molecular complexity index is 795. The number of nitrogens with zero attached hydrogens (tertiary/aromatic N) is 2. The summed E-state index contributed by atoms with van der Waals surface area (Å²) in [5, 5.41) is 6.26. The van der Waals surface area contributed by atoms with Crippen molar-refractivity contribution < 1.29 is 13.9 Å². The van der Waals surface area contributed by atoms with Crippen molar-refractivity contribution in [1.29, 1.82) is 0 Å². The average molecular weight is 302 g/mol. The second kappa shape index (κ2) is 5.49. The number of thiophene rings is 1. The van der Waals surface area contributed by atoms with E-state index in [0.29, 0.717) is 22.7 Å². The molecule has 0 unspecified atom stereocenters. The monoisotopic (exact) mass is 302 g/mol. The molecule has 0 bridgehead atoms. The summed E-state index contributed by atoms with van der Waals surface area (Å²) >= 11 is 1.43. The van der Waals surface area contributed by atoms with Crippen molar-refractivity contribution in [1.82, 2.24) is 9.78 Å². The number of hydrogen-bond donors (Lipinski definition) is 0. The number of rotatable bonds is 4. The first-order chi connectivity index (χ1) is 10.2. The van der Waals surface area contributed by atoms with Crippen molar-refractivity contribution in [3.05, 3.63) is 53.3 Å². The van der Waals surface area contributed by atoms with Gasteiger partial charge in [-0.2, -0.15) is 5.10 Å². The normalized spacial score (nSPS) is 10.6. The number of aromatic nitrogens is 2. The third kappa shape index (κ3) is 2.45. The van der Waals surface area contributed by atoms with E-state index in [1.165, 1.54) is 28.2 Å². The Kier molecular flexibility index (Phi) is 3.53. The van der Waals surface area contributed by atoms with Crippen molar-refractivity contribution in [2.45, 2.75) is 0 Å². The standard InChI is InChI=1S/C15H11FN2O2S/c1-20-13-5-6-21-15(13)14-10(9-19)8-18(17-14)12-4-2-3-11(16)7-12/h2-9H,1H3. The molecule has 0 aliphatic rings. The fourth-order valence-corrected chi connectivity index (χ4v) is 2.90. The van der Waals surface area contributed by atoms with Gasteiger partial charge >= 0.3 is 0 Å². The number of methoxy groups -OCH3 is 1. The van der Waals surface area contributed by atoms with E-state index in [1.54, 1.807) is 25.4 Å². The van der Waals surface area contributed by atoms with E-state index in [4.69, 9.17) is 4.74 Å². The molecule has 4 nitrogen and oxygen atoms in total. The van der Waals surface area contributed by atoms with Crippen molar-refractivity contribution in [2.75, 3.05) is 7.11 Å². The summed E-state index contributed by atoms with van der Waals surface area (Å²) < 4.78 is 20.1. The molecule has 0 N–H and O–H groups in total. The van der Waals surface area contributed by atoms with Gasteiger partial charge in [0.15, 0.2) is 6.29 Å². The Labute approximate surface area is 124 Å². The second-order valence-electron chi connectivity index (χ2n) is 4.29. The third-order valence-corrected chi connectivity index (χ3v) is 3.91. The van der Waals surface area contributed by atoms with Crippen LogP contribution in [0.25, 0.3) is 16.3 Å². The number of carbonyl (C=O) groups excluding carboxylic acids is 1. The van der Waals surface area contributed by atoms with Crippen molar-refractivity contribution in [2.24, 2.45) is 0 Å². The molecule has 0 aliphatic carbocycles. The lowest BCUT2D eigenvalue weighted by Gasteiger charge is -2.01. The number of aldehydes is 1. The molecule has 2 heterocycles. The fraction of sp³-hybridized carbons (Fsp3) is 0.0667. The molecule has 3 aromatic rings. The topological polar surface area (TPSA) is 44.1 Å². The van der Waals surface area contributed by atoms with Crippen LogP contribution in [0.2, 0.25) is 0 Å². The zero-order chi connectivity index (χ0) is 14.8. The molecule has 106 valence electrons. The van der Waals surface area contributed by atoms with Crippen LogP contribution >= 0.6 is 11.3 Å². The van der Waals surface area contributed by atoms with Crippen LogP contribution in [-0.2, 0) is 0 Å². The Morgan fingerprint density at radius 2 is 2.24 bits per heavy atom. The summed E-state index contributed by atoms with van der Waals surface area (Å²) in [4.78, 5) is 12.0. The molecule has 21 heavy (non-hydrogen) atoms. The Morgan fingerprint density at radius 1 is 1.38 bits per heavy atom. The number of ether oxygens (including phenoxy) is 1. The highest BCUT2D eigenvalue weighted by atomic mass is 32.1. The van der Waals surface area contributed by atoms with Gasteiger partial charge < -0.3 is 4.74 Å². The van der Waals surface area contributed by atoms with Gasteiger partial charge in [-0.1, -0.05) is 6.07 Å². The highest BCUT2D eigenvalue weighted by molar-refractivity contribution is 7.14. The number of hydrogen-bond acceptors (Lipinski definition) is 4. The van der Waals surface area contributed by atoms with Gasteiger partial charge in [0.25, 0.3) is 0 Å². The van der Waals surface area contributed by atoms with E-state index < -0.39 is 0 Å². The van der Waals surface area contributed by atoms with Crippen LogP contribution in [0.15, 0.2) is 41.9 Å². The predicted octanol–water partition coefficient (Wildman–Crippen LogP) is 3.56. The first-order valence-electron chi connectivity index (χ1n) is 6.15. The Hall–Kier alpha value is -2.47. The summed E-state index contributed by atoms with van der Waals surface area (Å²) in [6.07, 6.45) is 2.31. The predicted molar refractivity (Wildman–Crippen MR) is 78.8 cm³/mol. The van der Waals surface area contributed by atoms with Crippen LogP contribution in [0.3, 0.4) is 0 Å². The summed E-state index contributed by atoms with van der Waals surface area (Å²) in [6, 6.07) is 7.85. The molecule has 0 spiro atoms. The van der Waals surface area contributed by atoms with Crippen molar-refractivity contribution in [3.8, 4) is 22.0 Å². The Morgan fingerprint density at radius 3 is 2.95 bits per heavy atom. The first kappa shape index (κ1) is 13.5. The van der Waals surface area contributed by atoms with Gasteiger partial charge in [-0.05, 0) is 29.6 Å². The third-order valence-electron chi connectivity index (χ3n) is 3.01. The van der Waals surface area contributed by atoms with E-state index >= 15 is 0 Å². The Balaban J connectivity index is 2.13. The summed E-state index contributed by atoms with van der Waals surface area (Å²) in [6.45, 7) is 0. The molecule has 0 aliphatic heterocycles. The maximum absolute atomic E-state index is 13.3. The van der Waals surface area contributed by atoms with Gasteiger partial charge in [0.2, 0.25) is 0 Å². The van der Waals surface area contributed by atoms with Crippen LogP contribution in [0, 0.1) is 5.82 Å². The molecule has 0 radical (unpaired) electrons. The molecule has 1 aromatic carbocycles. The molecule has 6 heteroatoms. The van der Waals surface area contributed by atoms with Gasteiger partial charge in [0.1, 0.15) is 17.3 Å². The molecule has 0 fully saturated rings. The molecule has 3 rings (SSSR count). The van der Waals surface area contributed by atoms with Crippen LogP contribution in [-0.4, -0.2) is 23.2 Å². The minimum Gasteiger partial charge on any atom is -0.495 e. The highest BCUT2D eigenvalue weighted by Crippen LogP contribution is 2.36. The zero-order valence-corrected chi connectivity index (χ0v) is 11.9. The first-order valence-corrected chi connectivity index (χ1v) is 7.03. The highest BCUT2D eigenvalue weighted by Gasteiger charge is 2.17. The van der Waals surface area contributed by atoms with Crippen LogP contribution < -0.4 is 4.74 Å². The van der Waals surface area contributed by atoms with Gasteiger partial charge in [-0.15, -0.1) is 11.3 Å². The van der Waals surface area contributed by atoms with Crippen LogP contribution in [0.4, 0.5) is 4.39 Å². The zero-order valence-electron chi connectivity index (χ0n) is 11.1. The maximum atomic E-state index is 13.3. The fourth-order valence-electron chi connectivity index (χ4n) is 2.03. The van der Waals surface area contributed by atoms with Gasteiger partial charge in [-0.25, -0.2) is 9.07 Å². The molecule has 0 saturated carbocycles. The molecule has 0 saturated heterocycles. The SMILES string of the molecule is COc1ccsc1-c1nn(-c2cccc(F)c2)cc1C=O.